The summed E-state index contributed by atoms with van der Waals surface area (Å²) < 4.78 is 2.07. The smallest absolute Gasteiger partial charge is 0.0858 e. The Morgan fingerprint density at radius 1 is 1.29 bits per heavy atom. The van der Waals surface area contributed by atoms with Gasteiger partial charge in [-0.3, -0.25) is 0 Å². The first-order chi connectivity index (χ1) is 8.13. The molecule has 96 valence electrons. The van der Waals surface area contributed by atoms with Gasteiger partial charge in [0.05, 0.1) is 11.2 Å². The molecule has 0 bridgehead atoms. The van der Waals surface area contributed by atoms with Crippen molar-refractivity contribution in [2.45, 2.75) is 77.2 Å². The molecule has 0 radical (unpaired) electrons. The zero-order valence-corrected chi connectivity index (χ0v) is 11.4. The number of rotatable bonds is 4. The van der Waals surface area contributed by atoms with E-state index >= 15 is 0 Å². The van der Waals surface area contributed by atoms with Gasteiger partial charge in [-0.05, 0) is 33.1 Å². The van der Waals surface area contributed by atoms with E-state index in [0.29, 0.717) is 5.92 Å². The fourth-order valence-corrected chi connectivity index (χ4v) is 2.88. The summed E-state index contributed by atoms with van der Waals surface area (Å²) >= 11 is 0. The van der Waals surface area contributed by atoms with Crippen molar-refractivity contribution < 1.29 is 0 Å². The highest BCUT2D eigenvalue weighted by molar-refractivity contribution is 5.04. The minimum atomic E-state index is 0.106. The highest BCUT2D eigenvalue weighted by Gasteiger charge is 2.24. The van der Waals surface area contributed by atoms with Crippen molar-refractivity contribution in [1.29, 1.82) is 0 Å². The van der Waals surface area contributed by atoms with E-state index in [2.05, 4.69) is 42.0 Å². The van der Waals surface area contributed by atoms with Crippen LogP contribution in [0.5, 0.6) is 0 Å². The summed E-state index contributed by atoms with van der Waals surface area (Å²) in [6.07, 6.45) is 11.2. The van der Waals surface area contributed by atoms with Crippen LogP contribution in [0.2, 0.25) is 0 Å². The number of nitrogens with zero attached hydrogens (tertiary/aromatic N) is 3. The second kappa shape index (κ2) is 5.19. The van der Waals surface area contributed by atoms with Crippen LogP contribution in [0.1, 0.15) is 77.3 Å². The van der Waals surface area contributed by atoms with E-state index in [1.54, 1.807) is 0 Å². The summed E-state index contributed by atoms with van der Waals surface area (Å²) in [5, 5.41) is 8.75. The maximum absolute atomic E-state index is 4.40. The Morgan fingerprint density at radius 2 is 2.00 bits per heavy atom. The van der Waals surface area contributed by atoms with Gasteiger partial charge in [-0.15, -0.1) is 5.10 Å². The third kappa shape index (κ3) is 2.88. The maximum atomic E-state index is 4.40. The van der Waals surface area contributed by atoms with E-state index in [9.17, 15) is 0 Å². The van der Waals surface area contributed by atoms with Crippen molar-refractivity contribution in [3.8, 4) is 0 Å². The van der Waals surface area contributed by atoms with Crippen LogP contribution in [0.3, 0.4) is 0 Å². The lowest BCUT2D eigenvalue weighted by Gasteiger charge is -2.24. The zero-order valence-electron chi connectivity index (χ0n) is 11.4. The number of hydrogen-bond donors (Lipinski definition) is 0. The van der Waals surface area contributed by atoms with Crippen molar-refractivity contribution >= 4 is 0 Å². The number of aromatic nitrogens is 3. The van der Waals surface area contributed by atoms with Crippen LogP contribution in [0.15, 0.2) is 6.20 Å². The Morgan fingerprint density at radius 3 is 2.65 bits per heavy atom. The van der Waals surface area contributed by atoms with Gasteiger partial charge in [0.1, 0.15) is 0 Å². The molecule has 0 N–H and O–H groups in total. The first-order valence-electron chi connectivity index (χ1n) is 7.06. The minimum Gasteiger partial charge on any atom is -0.247 e. The standard InChI is InChI=1S/C14H25N3/c1-4-10-14(2,3)17-11-13(15-16-17)12-8-6-5-7-9-12/h11-12H,4-10H2,1-3H3. The third-order valence-electron chi connectivity index (χ3n) is 4.02. The first-order valence-corrected chi connectivity index (χ1v) is 7.06. The van der Waals surface area contributed by atoms with Crippen molar-refractivity contribution in [2.75, 3.05) is 0 Å². The molecule has 1 aromatic rings. The highest BCUT2D eigenvalue weighted by Crippen LogP contribution is 2.32. The van der Waals surface area contributed by atoms with Gasteiger partial charge in [-0.2, -0.15) is 0 Å². The fraction of sp³-hybridized carbons (Fsp3) is 0.857. The topological polar surface area (TPSA) is 30.7 Å². The molecule has 1 fully saturated rings. The summed E-state index contributed by atoms with van der Waals surface area (Å²) in [5.74, 6) is 0.662. The molecule has 1 aliphatic carbocycles. The molecule has 0 atom stereocenters. The predicted molar refractivity (Wildman–Crippen MR) is 70.1 cm³/mol. The van der Waals surface area contributed by atoms with Gasteiger partial charge in [-0.1, -0.05) is 37.8 Å². The minimum absolute atomic E-state index is 0.106. The van der Waals surface area contributed by atoms with Gasteiger partial charge in [0.2, 0.25) is 0 Å². The summed E-state index contributed by atoms with van der Waals surface area (Å²) in [4.78, 5) is 0. The van der Waals surface area contributed by atoms with E-state index < -0.39 is 0 Å². The molecule has 1 aliphatic rings. The molecule has 1 aromatic heterocycles. The predicted octanol–water partition coefficient (Wildman–Crippen LogP) is 3.86. The van der Waals surface area contributed by atoms with Gasteiger partial charge in [0.15, 0.2) is 0 Å². The molecular weight excluding hydrogens is 210 g/mol. The van der Waals surface area contributed by atoms with E-state index in [0.717, 1.165) is 6.42 Å². The lowest BCUT2D eigenvalue weighted by atomic mass is 9.87. The molecule has 2 rings (SSSR count). The molecule has 0 unspecified atom stereocenters. The van der Waals surface area contributed by atoms with E-state index in [-0.39, 0.29) is 5.54 Å². The monoisotopic (exact) mass is 235 g/mol. The largest absolute Gasteiger partial charge is 0.247 e. The van der Waals surface area contributed by atoms with E-state index in [1.165, 1.54) is 44.2 Å². The third-order valence-corrected chi connectivity index (χ3v) is 4.02. The van der Waals surface area contributed by atoms with Crippen LogP contribution in [0, 0.1) is 0 Å². The lowest BCUT2D eigenvalue weighted by molar-refractivity contribution is 0.286. The van der Waals surface area contributed by atoms with Crippen molar-refractivity contribution in [1.82, 2.24) is 15.0 Å². The molecule has 1 saturated carbocycles. The van der Waals surface area contributed by atoms with Crippen molar-refractivity contribution in [3.05, 3.63) is 11.9 Å². The second-order valence-electron chi connectivity index (χ2n) is 5.99. The Hall–Kier alpha value is -0.860. The van der Waals surface area contributed by atoms with Crippen LogP contribution >= 0.6 is 0 Å². The Labute approximate surface area is 105 Å². The Balaban J connectivity index is 2.09. The summed E-state index contributed by atoms with van der Waals surface area (Å²) in [6, 6.07) is 0. The summed E-state index contributed by atoms with van der Waals surface area (Å²) in [7, 11) is 0. The quantitative estimate of drug-likeness (QED) is 0.793. The molecule has 1 heterocycles. The van der Waals surface area contributed by atoms with Gasteiger partial charge >= 0.3 is 0 Å². The average molecular weight is 235 g/mol. The Bertz CT molecular complexity index is 348. The SMILES string of the molecule is CCCC(C)(C)n1cc(C2CCCCC2)nn1. The molecule has 0 spiro atoms. The zero-order chi connectivity index (χ0) is 12.3. The molecule has 0 amide bonds. The van der Waals surface area contributed by atoms with Gasteiger partial charge in [-0.25, -0.2) is 4.68 Å². The van der Waals surface area contributed by atoms with Gasteiger partial charge in [0, 0.05) is 12.1 Å². The molecule has 0 aliphatic heterocycles. The van der Waals surface area contributed by atoms with Gasteiger partial charge in [0.25, 0.3) is 0 Å². The van der Waals surface area contributed by atoms with E-state index in [1.807, 2.05) is 0 Å². The lowest BCUT2D eigenvalue weighted by Crippen LogP contribution is -2.26. The van der Waals surface area contributed by atoms with Crippen LogP contribution in [-0.4, -0.2) is 15.0 Å². The maximum Gasteiger partial charge on any atom is 0.0858 e. The summed E-state index contributed by atoms with van der Waals surface area (Å²) in [6.45, 7) is 6.71. The van der Waals surface area contributed by atoms with Crippen LogP contribution in [0.4, 0.5) is 0 Å². The van der Waals surface area contributed by atoms with Crippen molar-refractivity contribution in [2.24, 2.45) is 0 Å². The second-order valence-corrected chi connectivity index (χ2v) is 5.99. The molecule has 0 aromatic carbocycles. The molecule has 3 nitrogen and oxygen atoms in total. The molecular formula is C14H25N3. The van der Waals surface area contributed by atoms with Crippen LogP contribution in [0.25, 0.3) is 0 Å². The van der Waals surface area contributed by atoms with E-state index in [4.69, 9.17) is 0 Å². The summed E-state index contributed by atoms with van der Waals surface area (Å²) in [5.41, 5.74) is 1.32. The highest BCUT2D eigenvalue weighted by atomic mass is 15.4. The van der Waals surface area contributed by atoms with Crippen molar-refractivity contribution in [3.63, 3.8) is 0 Å². The average Bonchev–Trinajstić information content (AvgIpc) is 2.80. The molecule has 3 heteroatoms. The van der Waals surface area contributed by atoms with Crippen LogP contribution in [-0.2, 0) is 5.54 Å². The first kappa shape index (κ1) is 12.6. The molecule has 0 saturated heterocycles. The van der Waals surface area contributed by atoms with Gasteiger partial charge < -0.3 is 0 Å². The number of hydrogen-bond acceptors (Lipinski definition) is 2. The van der Waals surface area contributed by atoms with Crippen LogP contribution < -0.4 is 0 Å². The molecule has 17 heavy (non-hydrogen) atoms. The fourth-order valence-electron chi connectivity index (χ4n) is 2.88. The normalized spacial score (nSPS) is 18.5. The Kier molecular flexibility index (Phi) is 3.85.